The molecule has 2 N–H and O–H groups in total. The van der Waals surface area contributed by atoms with Crippen molar-refractivity contribution in [2.45, 2.75) is 30.6 Å². The van der Waals surface area contributed by atoms with Crippen LogP contribution in [0.3, 0.4) is 0 Å². The summed E-state index contributed by atoms with van der Waals surface area (Å²) >= 11 is 1.77. The van der Waals surface area contributed by atoms with Crippen LogP contribution in [0.1, 0.15) is 29.6 Å². The fourth-order valence-corrected chi connectivity index (χ4v) is 3.37. The Balaban J connectivity index is 2.13. The van der Waals surface area contributed by atoms with Crippen molar-refractivity contribution >= 4 is 23.5 Å². The van der Waals surface area contributed by atoms with Crippen LogP contribution in [-0.2, 0) is 0 Å². The lowest BCUT2D eigenvalue weighted by Crippen LogP contribution is -2.39. The van der Waals surface area contributed by atoms with Crippen molar-refractivity contribution in [3.8, 4) is 0 Å². The molecule has 1 aromatic heterocycles. The molecule has 0 saturated heterocycles. The van der Waals surface area contributed by atoms with Gasteiger partial charge in [0.05, 0.1) is 11.8 Å². The van der Waals surface area contributed by atoms with Gasteiger partial charge in [0.15, 0.2) is 0 Å². The smallest absolute Gasteiger partial charge is 0.255 e. The Morgan fingerprint density at radius 2 is 2.32 bits per heavy atom. The quantitative estimate of drug-likeness (QED) is 0.890. The third kappa shape index (κ3) is 3.18. The molecule has 0 spiro atoms. The van der Waals surface area contributed by atoms with Crippen LogP contribution in [0.25, 0.3) is 0 Å². The summed E-state index contributed by atoms with van der Waals surface area (Å²) in [5, 5.41) is 6.25. The lowest BCUT2D eigenvalue weighted by atomic mass is 10.2. The second-order valence-corrected chi connectivity index (χ2v) is 5.66. The molecule has 1 aliphatic carbocycles. The molecule has 1 fully saturated rings. The Bertz CT molecular complexity index is 469. The van der Waals surface area contributed by atoms with Crippen LogP contribution in [0.5, 0.6) is 0 Å². The zero-order valence-electron chi connectivity index (χ0n) is 11.1. The number of pyridine rings is 1. The van der Waals surface area contributed by atoms with Crippen LogP contribution in [0.4, 0.5) is 10.2 Å². The van der Waals surface area contributed by atoms with Gasteiger partial charge in [0.25, 0.3) is 5.91 Å². The zero-order valence-corrected chi connectivity index (χ0v) is 11.9. The first-order valence-electron chi connectivity index (χ1n) is 6.32. The first kappa shape index (κ1) is 14.1. The molecule has 2 rings (SSSR count). The number of nitrogens with zero attached hydrogens (tertiary/aromatic N) is 1. The fraction of sp³-hybridized carbons (Fsp3) is 0.538. The van der Waals surface area contributed by atoms with Crippen LogP contribution in [0.2, 0.25) is 0 Å². The molecular weight excluding hydrogens is 265 g/mol. The number of rotatable bonds is 4. The van der Waals surface area contributed by atoms with Crippen molar-refractivity contribution in [1.29, 1.82) is 0 Å². The third-order valence-electron chi connectivity index (χ3n) is 3.41. The molecule has 0 bridgehead atoms. The van der Waals surface area contributed by atoms with Gasteiger partial charge in [-0.2, -0.15) is 11.8 Å². The number of halogens is 1. The van der Waals surface area contributed by atoms with E-state index in [0.29, 0.717) is 11.1 Å². The summed E-state index contributed by atoms with van der Waals surface area (Å²) < 4.78 is 13.2. The van der Waals surface area contributed by atoms with Gasteiger partial charge in [0, 0.05) is 18.3 Å². The predicted molar refractivity (Wildman–Crippen MR) is 76.1 cm³/mol. The lowest BCUT2D eigenvalue weighted by Gasteiger charge is -2.19. The molecule has 0 aliphatic heterocycles. The minimum Gasteiger partial charge on any atom is -0.372 e. The molecular formula is C13H18FN3OS. The van der Waals surface area contributed by atoms with Gasteiger partial charge in [-0.15, -0.1) is 0 Å². The molecule has 2 unspecified atom stereocenters. The maximum atomic E-state index is 13.2. The van der Waals surface area contributed by atoms with Gasteiger partial charge in [0.1, 0.15) is 11.6 Å². The maximum absolute atomic E-state index is 13.2. The highest BCUT2D eigenvalue weighted by Crippen LogP contribution is 2.28. The van der Waals surface area contributed by atoms with Crippen molar-refractivity contribution in [1.82, 2.24) is 10.3 Å². The van der Waals surface area contributed by atoms with Gasteiger partial charge in [-0.05, 0) is 25.2 Å². The highest BCUT2D eigenvalue weighted by molar-refractivity contribution is 7.99. The molecule has 1 saturated carbocycles. The monoisotopic (exact) mass is 283 g/mol. The number of amides is 1. The summed E-state index contributed by atoms with van der Waals surface area (Å²) in [6, 6.07) is 1.38. The van der Waals surface area contributed by atoms with Gasteiger partial charge >= 0.3 is 0 Å². The van der Waals surface area contributed by atoms with E-state index in [0.717, 1.165) is 25.5 Å². The minimum atomic E-state index is -0.503. The molecule has 1 heterocycles. The van der Waals surface area contributed by atoms with E-state index in [1.54, 1.807) is 18.8 Å². The normalized spacial score (nSPS) is 22.3. The molecule has 6 heteroatoms. The van der Waals surface area contributed by atoms with Gasteiger partial charge in [-0.3, -0.25) is 4.79 Å². The Labute approximate surface area is 116 Å². The fourth-order valence-electron chi connectivity index (χ4n) is 2.43. The molecule has 0 aromatic carbocycles. The van der Waals surface area contributed by atoms with E-state index in [-0.39, 0.29) is 17.5 Å². The van der Waals surface area contributed by atoms with E-state index in [9.17, 15) is 9.18 Å². The van der Waals surface area contributed by atoms with E-state index in [1.807, 2.05) is 0 Å². The summed E-state index contributed by atoms with van der Waals surface area (Å²) in [5.41, 5.74) is 0.259. The van der Waals surface area contributed by atoms with Crippen LogP contribution in [0, 0.1) is 5.82 Å². The number of carbonyl (C=O) groups is 1. The molecule has 104 valence electrons. The third-order valence-corrected chi connectivity index (χ3v) is 4.58. The largest absolute Gasteiger partial charge is 0.372 e. The maximum Gasteiger partial charge on any atom is 0.255 e. The van der Waals surface area contributed by atoms with E-state index in [4.69, 9.17) is 0 Å². The van der Waals surface area contributed by atoms with Crippen LogP contribution in [-0.4, -0.2) is 35.5 Å². The first-order chi connectivity index (χ1) is 9.15. The molecule has 1 aromatic rings. The molecule has 2 atom stereocenters. The van der Waals surface area contributed by atoms with Gasteiger partial charge in [-0.25, -0.2) is 9.37 Å². The van der Waals surface area contributed by atoms with Crippen LogP contribution < -0.4 is 10.6 Å². The van der Waals surface area contributed by atoms with Crippen molar-refractivity contribution in [2.24, 2.45) is 0 Å². The Hall–Kier alpha value is -1.30. The molecule has 4 nitrogen and oxygen atoms in total. The lowest BCUT2D eigenvalue weighted by molar-refractivity contribution is 0.0938. The Morgan fingerprint density at radius 1 is 1.53 bits per heavy atom. The van der Waals surface area contributed by atoms with Crippen LogP contribution in [0.15, 0.2) is 12.3 Å². The summed E-state index contributed by atoms with van der Waals surface area (Å²) in [4.78, 5) is 16.1. The Kier molecular flexibility index (Phi) is 4.63. The van der Waals surface area contributed by atoms with Crippen molar-refractivity contribution in [3.05, 3.63) is 23.6 Å². The number of hydrogen-bond acceptors (Lipinski definition) is 4. The van der Waals surface area contributed by atoms with Gasteiger partial charge in [0.2, 0.25) is 0 Å². The number of carbonyl (C=O) groups excluding carboxylic acids is 1. The summed E-state index contributed by atoms with van der Waals surface area (Å²) in [6.07, 6.45) is 6.37. The summed E-state index contributed by atoms with van der Waals surface area (Å²) in [7, 11) is 1.66. The van der Waals surface area contributed by atoms with Crippen molar-refractivity contribution in [3.63, 3.8) is 0 Å². The highest BCUT2D eigenvalue weighted by Gasteiger charge is 2.28. The Morgan fingerprint density at radius 3 is 3.00 bits per heavy atom. The second kappa shape index (κ2) is 6.23. The number of nitrogens with one attached hydrogen (secondary N) is 2. The average molecular weight is 283 g/mol. The van der Waals surface area contributed by atoms with E-state index in [2.05, 4.69) is 21.9 Å². The van der Waals surface area contributed by atoms with E-state index in [1.165, 1.54) is 6.07 Å². The zero-order chi connectivity index (χ0) is 13.8. The standard InChI is InChI=1S/C13H18FN3OS/c1-15-12-9(6-8(14)7-16-12)13(18)17-10-4-3-5-11(10)19-2/h6-7,10-11H,3-5H2,1-2H3,(H,15,16)(H,17,18). The number of anilines is 1. The average Bonchev–Trinajstić information content (AvgIpc) is 2.85. The van der Waals surface area contributed by atoms with E-state index >= 15 is 0 Å². The van der Waals surface area contributed by atoms with Gasteiger partial charge < -0.3 is 10.6 Å². The minimum absolute atomic E-state index is 0.162. The van der Waals surface area contributed by atoms with Crippen LogP contribution >= 0.6 is 11.8 Å². The molecule has 19 heavy (non-hydrogen) atoms. The summed E-state index contributed by atoms with van der Waals surface area (Å²) in [6.45, 7) is 0. The van der Waals surface area contributed by atoms with Crippen molar-refractivity contribution in [2.75, 3.05) is 18.6 Å². The molecule has 1 amide bonds. The first-order valence-corrected chi connectivity index (χ1v) is 7.61. The second-order valence-electron chi connectivity index (χ2n) is 4.58. The molecule has 0 radical (unpaired) electrons. The van der Waals surface area contributed by atoms with E-state index < -0.39 is 5.82 Å². The molecule has 1 aliphatic rings. The van der Waals surface area contributed by atoms with Crippen molar-refractivity contribution < 1.29 is 9.18 Å². The number of thioether (sulfide) groups is 1. The van der Waals surface area contributed by atoms with Gasteiger partial charge in [-0.1, -0.05) is 6.42 Å². The SMILES string of the molecule is CNc1ncc(F)cc1C(=O)NC1CCCC1SC. The summed E-state index contributed by atoms with van der Waals surface area (Å²) in [5.74, 6) is -0.364. The number of hydrogen-bond donors (Lipinski definition) is 2. The highest BCUT2D eigenvalue weighted by atomic mass is 32.2. The topological polar surface area (TPSA) is 54.0 Å². The predicted octanol–water partition coefficient (Wildman–Crippen LogP) is 2.28. The number of aromatic nitrogens is 1.